The molecule has 15 heavy (non-hydrogen) atoms. The van der Waals surface area contributed by atoms with Crippen LogP contribution in [0.5, 0.6) is 0 Å². The SMILES string of the molecule is Cc1ccc(NCc2ccncn2)nc1. The molecule has 0 radical (unpaired) electrons. The zero-order valence-corrected chi connectivity index (χ0v) is 8.51. The third kappa shape index (κ3) is 2.74. The third-order valence-electron chi connectivity index (χ3n) is 2.01. The topological polar surface area (TPSA) is 50.7 Å². The van der Waals surface area contributed by atoms with Gasteiger partial charge >= 0.3 is 0 Å². The van der Waals surface area contributed by atoms with Crippen LogP contribution >= 0.6 is 0 Å². The van der Waals surface area contributed by atoms with Crippen LogP contribution in [0, 0.1) is 6.92 Å². The minimum Gasteiger partial charge on any atom is -0.364 e. The number of hydrogen-bond acceptors (Lipinski definition) is 4. The van der Waals surface area contributed by atoms with E-state index in [2.05, 4.69) is 20.3 Å². The van der Waals surface area contributed by atoms with Crippen LogP contribution < -0.4 is 5.32 Å². The molecule has 0 saturated heterocycles. The van der Waals surface area contributed by atoms with Crippen molar-refractivity contribution in [2.24, 2.45) is 0 Å². The van der Waals surface area contributed by atoms with Crippen molar-refractivity contribution in [3.8, 4) is 0 Å². The molecule has 0 aromatic carbocycles. The second-order valence-electron chi connectivity index (χ2n) is 3.28. The Balaban J connectivity index is 1.96. The summed E-state index contributed by atoms with van der Waals surface area (Å²) in [6.07, 6.45) is 5.11. The van der Waals surface area contributed by atoms with Gasteiger partial charge in [-0.1, -0.05) is 6.07 Å². The summed E-state index contributed by atoms with van der Waals surface area (Å²) >= 11 is 0. The average molecular weight is 200 g/mol. The molecule has 0 aliphatic carbocycles. The van der Waals surface area contributed by atoms with Gasteiger partial charge in [-0.2, -0.15) is 0 Å². The Kier molecular flexibility index (Phi) is 2.88. The summed E-state index contributed by atoms with van der Waals surface area (Å²) in [6.45, 7) is 2.68. The summed E-state index contributed by atoms with van der Waals surface area (Å²) in [7, 11) is 0. The van der Waals surface area contributed by atoms with E-state index in [-0.39, 0.29) is 0 Å². The number of pyridine rings is 1. The van der Waals surface area contributed by atoms with Crippen LogP contribution in [-0.4, -0.2) is 15.0 Å². The van der Waals surface area contributed by atoms with E-state index in [1.807, 2.05) is 31.3 Å². The van der Waals surface area contributed by atoms with E-state index >= 15 is 0 Å². The van der Waals surface area contributed by atoms with Crippen molar-refractivity contribution >= 4 is 5.82 Å². The molecule has 0 fully saturated rings. The maximum atomic E-state index is 4.24. The molecule has 4 nitrogen and oxygen atoms in total. The first-order valence-corrected chi connectivity index (χ1v) is 4.76. The molecule has 4 heteroatoms. The second-order valence-corrected chi connectivity index (χ2v) is 3.28. The average Bonchev–Trinajstić information content (AvgIpc) is 2.30. The number of nitrogens with one attached hydrogen (secondary N) is 1. The summed E-state index contributed by atoms with van der Waals surface area (Å²) in [5, 5.41) is 3.19. The molecule has 0 unspecified atom stereocenters. The lowest BCUT2D eigenvalue weighted by Crippen LogP contribution is -2.02. The predicted molar refractivity (Wildman–Crippen MR) is 58.3 cm³/mol. The van der Waals surface area contributed by atoms with Gasteiger partial charge in [0.1, 0.15) is 12.1 Å². The molecule has 0 saturated carbocycles. The quantitative estimate of drug-likeness (QED) is 0.820. The number of aryl methyl sites for hydroxylation is 1. The van der Waals surface area contributed by atoms with Crippen LogP contribution in [0.3, 0.4) is 0 Å². The van der Waals surface area contributed by atoms with E-state index < -0.39 is 0 Å². The smallest absolute Gasteiger partial charge is 0.126 e. The van der Waals surface area contributed by atoms with E-state index in [1.165, 1.54) is 0 Å². The molecule has 2 rings (SSSR count). The molecule has 0 aliphatic heterocycles. The van der Waals surface area contributed by atoms with Crippen LogP contribution in [0.4, 0.5) is 5.82 Å². The van der Waals surface area contributed by atoms with Crippen LogP contribution in [-0.2, 0) is 6.54 Å². The third-order valence-corrected chi connectivity index (χ3v) is 2.01. The van der Waals surface area contributed by atoms with Crippen LogP contribution in [0.15, 0.2) is 36.9 Å². The number of nitrogens with zero attached hydrogens (tertiary/aromatic N) is 3. The van der Waals surface area contributed by atoms with E-state index in [4.69, 9.17) is 0 Å². The molecule has 2 aromatic heterocycles. The summed E-state index contributed by atoms with van der Waals surface area (Å²) in [6, 6.07) is 5.85. The largest absolute Gasteiger partial charge is 0.364 e. The lowest BCUT2D eigenvalue weighted by atomic mass is 10.3. The molecule has 0 spiro atoms. The standard InChI is InChI=1S/C11H12N4/c1-9-2-3-11(13-6-9)14-7-10-4-5-12-8-15-10/h2-6,8H,7H2,1H3,(H,13,14). The maximum Gasteiger partial charge on any atom is 0.126 e. The highest BCUT2D eigenvalue weighted by Crippen LogP contribution is 2.05. The Morgan fingerprint density at radius 3 is 2.80 bits per heavy atom. The van der Waals surface area contributed by atoms with Crippen LogP contribution in [0.2, 0.25) is 0 Å². The Bertz CT molecular complexity index is 410. The summed E-state index contributed by atoms with van der Waals surface area (Å²) in [4.78, 5) is 12.2. The van der Waals surface area contributed by atoms with Crippen molar-refractivity contribution in [1.82, 2.24) is 15.0 Å². The van der Waals surface area contributed by atoms with Crippen LogP contribution in [0.25, 0.3) is 0 Å². The van der Waals surface area contributed by atoms with Gasteiger partial charge in [0, 0.05) is 12.4 Å². The van der Waals surface area contributed by atoms with E-state index in [9.17, 15) is 0 Å². The fourth-order valence-corrected chi connectivity index (χ4v) is 1.18. The summed E-state index contributed by atoms with van der Waals surface area (Å²) < 4.78 is 0. The highest BCUT2D eigenvalue weighted by Gasteiger charge is 1.94. The molecular weight excluding hydrogens is 188 g/mol. The van der Waals surface area contributed by atoms with Crippen molar-refractivity contribution in [1.29, 1.82) is 0 Å². The molecule has 2 aromatic rings. The molecule has 76 valence electrons. The van der Waals surface area contributed by atoms with Crippen molar-refractivity contribution in [2.45, 2.75) is 13.5 Å². The summed E-state index contributed by atoms with van der Waals surface area (Å²) in [5.74, 6) is 0.860. The molecule has 2 heterocycles. The summed E-state index contributed by atoms with van der Waals surface area (Å²) in [5.41, 5.74) is 2.11. The van der Waals surface area contributed by atoms with Crippen LogP contribution in [0.1, 0.15) is 11.3 Å². The van der Waals surface area contributed by atoms with Gasteiger partial charge in [-0.3, -0.25) is 0 Å². The monoisotopic (exact) mass is 200 g/mol. The Labute approximate surface area is 88.4 Å². The van der Waals surface area contributed by atoms with Gasteiger partial charge < -0.3 is 5.32 Å². The minimum atomic E-state index is 0.665. The predicted octanol–water partition coefficient (Wildman–Crippen LogP) is 1.79. The number of aromatic nitrogens is 3. The fraction of sp³-hybridized carbons (Fsp3) is 0.182. The van der Waals surface area contributed by atoms with Gasteiger partial charge in [-0.15, -0.1) is 0 Å². The number of hydrogen-bond donors (Lipinski definition) is 1. The molecule has 1 N–H and O–H groups in total. The maximum absolute atomic E-state index is 4.24. The minimum absolute atomic E-state index is 0.665. The van der Waals surface area contributed by atoms with E-state index in [1.54, 1.807) is 12.5 Å². The first-order valence-electron chi connectivity index (χ1n) is 4.76. The molecule has 0 bridgehead atoms. The first kappa shape index (κ1) is 9.58. The lowest BCUT2D eigenvalue weighted by Gasteiger charge is -2.04. The molecule has 0 amide bonds. The van der Waals surface area contributed by atoms with Gasteiger partial charge in [-0.05, 0) is 24.6 Å². The zero-order chi connectivity index (χ0) is 10.5. The second kappa shape index (κ2) is 4.50. The van der Waals surface area contributed by atoms with Gasteiger partial charge in [-0.25, -0.2) is 15.0 Å². The highest BCUT2D eigenvalue weighted by atomic mass is 15.0. The first-order chi connectivity index (χ1) is 7.34. The van der Waals surface area contributed by atoms with Crippen molar-refractivity contribution in [2.75, 3.05) is 5.32 Å². The van der Waals surface area contributed by atoms with Gasteiger partial charge in [0.25, 0.3) is 0 Å². The molecular formula is C11H12N4. The lowest BCUT2D eigenvalue weighted by molar-refractivity contribution is 0.995. The highest BCUT2D eigenvalue weighted by molar-refractivity contribution is 5.35. The normalized spacial score (nSPS) is 9.93. The Morgan fingerprint density at radius 2 is 2.13 bits per heavy atom. The number of rotatable bonds is 3. The molecule has 0 aliphatic rings. The zero-order valence-electron chi connectivity index (χ0n) is 8.51. The van der Waals surface area contributed by atoms with Crippen molar-refractivity contribution in [3.05, 3.63) is 48.2 Å². The van der Waals surface area contributed by atoms with E-state index in [0.717, 1.165) is 17.1 Å². The Hall–Kier alpha value is -1.97. The Morgan fingerprint density at radius 1 is 1.20 bits per heavy atom. The van der Waals surface area contributed by atoms with Gasteiger partial charge in [0.2, 0.25) is 0 Å². The van der Waals surface area contributed by atoms with Crippen molar-refractivity contribution in [3.63, 3.8) is 0 Å². The number of anilines is 1. The van der Waals surface area contributed by atoms with Gasteiger partial charge in [0.05, 0.1) is 12.2 Å². The fourth-order valence-electron chi connectivity index (χ4n) is 1.18. The van der Waals surface area contributed by atoms with Gasteiger partial charge in [0.15, 0.2) is 0 Å². The van der Waals surface area contributed by atoms with Crippen molar-refractivity contribution < 1.29 is 0 Å². The van der Waals surface area contributed by atoms with E-state index in [0.29, 0.717) is 6.54 Å². The molecule has 0 atom stereocenters.